The highest BCUT2D eigenvalue weighted by atomic mass is 16.5. The zero-order valence-electron chi connectivity index (χ0n) is 8.58. The molecule has 0 aromatic carbocycles. The van der Waals surface area contributed by atoms with E-state index < -0.39 is 5.97 Å². The summed E-state index contributed by atoms with van der Waals surface area (Å²) < 4.78 is 9.41. The van der Waals surface area contributed by atoms with Gasteiger partial charge in [0.2, 0.25) is 0 Å². The van der Waals surface area contributed by atoms with Gasteiger partial charge in [-0.05, 0) is 13.3 Å². The Labute approximate surface area is 84.6 Å². The maximum absolute atomic E-state index is 11.0. The molecule has 4 nitrogen and oxygen atoms in total. The topological polar surface area (TPSA) is 52.6 Å². The lowest BCUT2D eigenvalue weighted by Gasteiger charge is -2.03. The molecule has 81 valence electrons. The molecule has 4 heteroatoms. The molecular weight excluding hydrogens is 184 g/mol. The quantitative estimate of drug-likeness (QED) is 0.462. The molecule has 0 saturated carbocycles. The van der Waals surface area contributed by atoms with E-state index >= 15 is 0 Å². The molecule has 0 heterocycles. The van der Waals surface area contributed by atoms with Crippen LogP contribution in [-0.4, -0.2) is 25.2 Å². The van der Waals surface area contributed by atoms with Crippen LogP contribution in [0.25, 0.3) is 0 Å². The minimum absolute atomic E-state index is 0.0699. The number of esters is 2. The van der Waals surface area contributed by atoms with Crippen LogP contribution in [0, 0.1) is 6.92 Å². The van der Waals surface area contributed by atoms with E-state index in [1.165, 1.54) is 0 Å². The maximum atomic E-state index is 11.0. The molecule has 0 spiro atoms. The van der Waals surface area contributed by atoms with Crippen molar-refractivity contribution in [3.05, 3.63) is 6.92 Å². The van der Waals surface area contributed by atoms with Gasteiger partial charge in [0.25, 0.3) is 0 Å². The van der Waals surface area contributed by atoms with Crippen molar-refractivity contribution >= 4 is 11.9 Å². The summed E-state index contributed by atoms with van der Waals surface area (Å²) in [5.41, 5.74) is 0. The van der Waals surface area contributed by atoms with E-state index in [1.807, 2.05) is 6.92 Å². The molecule has 0 fully saturated rings. The highest BCUT2D eigenvalue weighted by Gasteiger charge is 2.07. The molecule has 0 aromatic heterocycles. The second-order valence-corrected chi connectivity index (χ2v) is 2.79. The Hall–Kier alpha value is -1.06. The van der Waals surface area contributed by atoms with Crippen LogP contribution in [0.15, 0.2) is 0 Å². The fourth-order valence-corrected chi connectivity index (χ4v) is 0.793. The lowest BCUT2D eigenvalue weighted by molar-refractivity contribution is -0.149. The number of hydrogen-bond acceptors (Lipinski definition) is 4. The summed E-state index contributed by atoms with van der Waals surface area (Å²) in [6, 6.07) is 0. The summed E-state index contributed by atoms with van der Waals surface area (Å²) in [5.74, 6) is -0.757. The molecule has 0 aliphatic carbocycles. The first-order valence-corrected chi connectivity index (χ1v) is 4.81. The van der Waals surface area contributed by atoms with E-state index in [4.69, 9.17) is 4.74 Å². The third kappa shape index (κ3) is 7.58. The van der Waals surface area contributed by atoms with Gasteiger partial charge in [0, 0.05) is 0 Å². The minimum Gasteiger partial charge on any atom is -0.466 e. The summed E-state index contributed by atoms with van der Waals surface area (Å²) in [7, 11) is 0. The average molecular weight is 201 g/mol. The van der Waals surface area contributed by atoms with Crippen molar-refractivity contribution in [2.75, 3.05) is 13.2 Å². The second-order valence-electron chi connectivity index (χ2n) is 2.79. The maximum Gasteiger partial charge on any atom is 0.306 e. The molecule has 1 radical (unpaired) electrons. The lowest BCUT2D eigenvalue weighted by atomic mass is 10.3. The van der Waals surface area contributed by atoms with E-state index in [-0.39, 0.29) is 25.4 Å². The number of hydrogen-bond donors (Lipinski definition) is 0. The van der Waals surface area contributed by atoms with Gasteiger partial charge in [0.05, 0.1) is 26.1 Å². The van der Waals surface area contributed by atoms with Crippen molar-refractivity contribution in [2.24, 2.45) is 0 Å². The zero-order valence-corrected chi connectivity index (χ0v) is 8.58. The van der Waals surface area contributed by atoms with Gasteiger partial charge in [-0.25, -0.2) is 0 Å². The van der Waals surface area contributed by atoms with Crippen LogP contribution in [0.5, 0.6) is 0 Å². The summed E-state index contributed by atoms with van der Waals surface area (Å²) in [6.45, 7) is 5.90. The summed E-state index contributed by atoms with van der Waals surface area (Å²) in [5, 5.41) is 0. The van der Waals surface area contributed by atoms with Crippen LogP contribution in [0.4, 0.5) is 0 Å². The molecule has 14 heavy (non-hydrogen) atoms. The van der Waals surface area contributed by atoms with E-state index in [1.54, 1.807) is 0 Å². The molecule has 0 saturated heterocycles. The minimum atomic E-state index is -0.410. The highest BCUT2D eigenvalue weighted by molar-refractivity contribution is 5.77. The Kier molecular flexibility index (Phi) is 7.89. The third-order valence-corrected chi connectivity index (χ3v) is 1.56. The Morgan fingerprint density at radius 2 is 1.71 bits per heavy atom. The van der Waals surface area contributed by atoms with Gasteiger partial charge in [-0.1, -0.05) is 13.3 Å². The van der Waals surface area contributed by atoms with Gasteiger partial charge in [0.15, 0.2) is 0 Å². The van der Waals surface area contributed by atoms with Gasteiger partial charge < -0.3 is 9.47 Å². The van der Waals surface area contributed by atoms with Crippen molar-refractivity contribution in [3.63, 3.8) is 0 Å². The molecule has 0 aromatic rings. The third-order valence-electron chi connectivity index (χ3n) is 1.56. The largest absolute Gasteiger partial charge is 0.466 e. The van der Waals surface area contributed by atoms with Gasteiger partial charge in [-0.3, -0.25) is 9.59 Å². The van der Waals surface area contributed by atoms with E-state index in [0.29, 0.717) is 6.61 Å². The van der Waals surface area contributed by atoms with Crippen molar-refractivity contribution in [1.29, 1.82) is 0 Å². The summed E-state index contributed by atoms with van der Waals surface area (Å²) >= 11 is 0. The van der Waals surface area contributed by atoms with Crippen molar-refractivity contribution < 1.29 is 19.1 Å². The molecule has 0 rings (SSSR count). The molecule has 0 amide bonds. The fourth-order valence-electron chi connectivity index (χ4n) is 0.793. The Morgan fingerprint density at radius 1 is 1.14 bits per heavy atom. The van der Waals surface area contributed by atoms with Crippen LogP contribution < -0.4 is 0 Å². The van der Waals surface area contributed by atoms with Crippen molar-refractivity contribution in [3.8, 4) is 0 Å². The zero-order chi connectivity index (χ0) is 10.8. The van der Waals surface area contributed by atoms with Crippen LogP contribution in [0.2, 0.25) is 0 Å². The molecule has 0 bridgehead atoms. The number of rotatable bonds is 7. The highest BCUT2D eigenvalue weighted by Crippen LogP contribution is 1.97. The molecule has 0 aliphatic rings. The summed E-state index contributed by atoms with van der Waals surface area (Å²) in [4.78, 5) is 21.8. The van der Waals surface area contributed by atoms with E-state index in [9.17, 15) is 9.59 Å². The predicted octanol–water partition coefficient (Wildman–Crippen LogP) is 1.49. The van der Waals surface area contributed by atoms with E-state index in [2.05, 4.69) is 11.7 Å². The molecule has 0 atom stereocenters. The number of carbonyl (C=O) groups excluding carboxylic acids is 2. The Morgan fingerprint density at radius 3 is 2.21 bits per heavy atom. The van der Waals surface area contributed by atoms with Crippen LogP contribution >= 0.6 is 0 Å². The standard InChI is InChI=1S/C10H17O4/c1-3-5-8-14-10(12)7-6-9(11)13-4-2/h2-8H2,1H3. The molecular formula is C10H17O4. The predicted molar refractivity (Wildman–Crippen MR) is 51.4 cm³/mol. The number of carbonyl (C=O) groups is 2. The Bertz CT molecular complexity index is 177. The smallest absolute Gasteiger partial charge is 0.306 e. The second kappa shape index (κ2) is 8.53. The van der Waals surface area contributed by atoms with Crippen LogP contribution in [-0.2, 0) is 19.1 Å². The van der Waals surface area contributed by atoms with Gasteiger partial charge in [-0.2, -0.15) is 0 Å². The van der Waals surface area contributed by atoms with Gasteiger partial charge in [0.1, 0.15) is 0 Å². The van der Waals surface area contributed by atoms with Crippen molar-refractivity contribution in [1.82, 2.24) is 0 Å². The molecule has 0 N–H and O–H groups in total. The SMILES string of the molecule is [CH2]COC(=O)CCC(=O)OCCCC. The first-order chi connectivity index (χ1) is 6.70. The molecule has 0 aliphatic heterocycles. The average Bonchev–Trinajstić information content (AvgIpc) is 2.16. The monoisotopic (exact) mass is 201 g/mol. The fraction of sp³-hybridized carbons (Fsp3) is 0.700. The van der Waals surface area contributed by atoms with Crippen LogP contribution in [0.1, 0.15) is 32.6 Å². The Balaban J connectivity index is 3.39. The molecule has 0 unspecified atom stereocenters. The van der Waals surface area contributed by atoms with Crippen molar-refractivity contribution in [2.45, 2.75) is 32.6 Å². The number of ether oxygens (including phenoxy) is 2. The summed E-state index contributed by atoms with van der Waals surface area (Å²) in [6.07, 6.45) is 1.99. The van der Waals surface area contributed by atoms with Gasteiger partial charge >= 0.3 is 11.9 Å². The first kappa shape index (κ1) is 12.9. The lowest BCUT2D eigenvalue weighted by Crippen LogP contribution is -2.10. The van der Waals surface area contributed by atoms with E-state index in [0.717, 1.165) is 12.8 Å². The van der Waals surface area contributed by atoms with Crippen LogP contribution in [0.3, 0.4) is 0 Å². The van der Waals surface area contributed by atoms with Gasteiger partial charge in [-0.15, -0.1) is 0 Å². The normalized spacial score (nSPS) is 9.57. The number of unbranched alkanes of at least 4 members (excludes halogenated alkanes) is 1. The first-order valence-electron chi connectivity index (χ1n) is 4.81.